The predicted molar refractivity (Wildman–Crippen MR) is 118 cm³/mol. The van der Waals surface area contributed by atoms with Crippen molar-refractivity contribution in [2.45, 2.75) is 96.2 Å². The first kappa shape index (κ1) is 22.6. The van der Waals surface area contributed by atoms with E-state index < -0.39 is 24.6 Å². The number of aliphatic hydroxyl groups excluding tert-OH is 3. The molecule has 6 heteroatoms. The first-order valence-corrected chi connectivity index (χ1v) is 11.5. The van der Waals surface area contributed by atoms with Gasteiger partial charge >= 0.3 is 0 Å². The van der Waals surface area contributed by atoms with Gasteiger partial charge in [-0.2, -0.15) is 0 Å². The number of hydrogen-bond acceptors (Lipinski definition) is 6. The third-order valence-electron chi connectivity index (χ3n) is 7.48. The van der Waals surface area contributed by atoms with E-state index in [1.54, 1.807) is 0 Å². The summed E-state index contributed by atoms with van der Waals surface area (Å²) in [6.07, 6.45) is 0.395. The lowest BCUT2D eigenvalue weighted by atomic mass is 9.62. The largest absolute Gasteiger partial charge is 0.504 e. The summed E-state index contributed by atoms with van der Waals surface area (Å²) in [7, 11) is 0. The van der Waals surface area contributed by atoms with Gasteiger partial charge in [-0.3, -0.25) is 0 Å². The summed E-state index contributed by atoms with van der Waals surface area (Å²) in [5.41, 5.74) is 5.58. The summed E-state index contributed by atoms with van der Waals surface area (Å²) in [5.74, 6) is 1.84. The molecule has 8 atom stereocenters. The van der Waals surface area contributed by atoms with Gasteiger partial charge in [0, 0.05) is 11.5 Å². The molecule has 3 aliphatic rings. The van der Waals surface area contributed by atoms with Gasteiger partial charge in [0.2, 0.25) is 6.29 Å². The average Bonchev–Trinajstić information content (AvgIpc) is 2.69. The van der Waals surface area contributed by atoms with Crippen LogP contribution in [0.5, 0.6) is 11.5 Å². The van der Waals surface area contributed by atoms with Crippen molar-refractivity contribution in [2.75, 3.05) is 6.61 Å². The minimum absolute atomic E-state index is 0.120. The third-order valence-corrected chi connectivity index (χ3v) is 7.48. The molecule has 1 heterocycles. The zero-order valence-electron chi connectivity index (χ0n) is 19.1. The lowest BCUT2D eigenvalue weighted by Crippen LogP contribution is -2.54. The molecule has 0 unspecified atom stereocenters. The molecule has 0 aromatic heterocycles. The van der Waals surface area contributed by atoms with Gasteiger partial charge in [0.15, 0.2) is 11.5 Å². The van der Waals surface area contributed by atoms with Crippen LogP contribution in [-0.2, 0) is 4.74 Å². The smallest absolute Gasteiger partial charge is 0.229 e. The van der Waals surface area contributed by atoms with E-state index in [1.165, 1.54) is 16.7 Å². The van der Waals surface area contributed by atoms with Crippen LogP contribution < -0.4 is 4.74 Å². The number of aromatic hydroxyl groups is 1. The monoisotopic (exact) mass is 432 g/mol. The van der Waals surface area contributed by atoms with Gasteiger partial charge in [-0.25, -0.2) is 0 Å². The van der Waals surface area contributed by atoms with Crippen molar-refractivity contribution >= 4 is 0 Å². The van der Waals surface area contributed by atoms with Gasteiger partial charge in [-0.05, 0) is 74.5 Å². The van der Waals surface area contributed by atoms with Crippen molar-refractivity contribution in [3.63, 3.8) is 0 Å². The van der Waals surface area contributed by atoms with E-state index in [0.717, 1.165) is 30.4 Å². The van der Waals surface area contributed by atoms with Crippen molar-refractivity contribution < 1.29 is 29.9 Å². The molecule has 4 N–H and O–H groups in total. The molecule has 6 nitrogen and oxygen atoms in total. The summed E-state index contributed by atoms with van der Waals surface area (Å²) in [6.45, 7) is 10.5. The molecule has 0 bridgehead atoms. The first-order chi connectivity index (χ1) is 14.6. The van der Waals surface area contributed by atoms with E-state index in [1.807, 2.05) is 6.92 Å². The van der Waals surface area contributed by atoms with Crippen LogP contribution in [0.1, 0.15) is 87.0 Å². The fourth-order valence-corrected chi connectivity index (χ4v) is 5.94. The number of hydrogen-bond donors (Lipinski definition) is 4. The lowest BCUT2D eigenvalue weighted by molar-refractivity contribution is -0.242. The van der Waals surface area contributed by atoms with Gasteiger partial charge in [-0.15, -0.1) is 0 Å². The Morgan fingerprint density at radius 2 is 1.74 bits per heavy atom. The fourth-order valence-electron chi connectivity index (χ4n) is 5.94. The third kappa shape index (κ3) is 3.78. The van der Waals surface area contributed by atoms with E-state index in [9.17, 15) is 20.4 Å². The second-order valence-electron chi connectivity index (χ2n) is 10.1. The molecule has 172 valence electrons. The maximum Gasteiger partial charge on any atom is 0.229 e. The SMILES string of the molecule is CC(C)=C[C@H]1C[C@H](C)[C@H]2CC[C@H](C)c3c(O)c(O[C@H]4OC[C@@H](O)[C@H](O)[C@H]4O)c(C)c1c32. The highest BCUT2D eigenvalue weighted by atomic mass is 16.7. The summed E-state index contributed by atoms with van der Waals surface area (Å²) in [5, 5.41) is 41.5. The van der Waals surface area contributed by atoms with E-state index in [2.05, 4.69) is 33.8 Å². The fraction of sp³-hybridized carbons (Fsp3) is 0.680. The van der Waals surface area contributed by atoms with Crippen molar-refractivity contribution in [2.24, 2.45) is 5.92 Å². The predicted octanol–water partition coefficient (Wildman–Crippen LogP) is 3.59. The molecule has 1 saturated heterocycles. The Hall–Kier alpha value is -1.60. The van der Waals surface area contributed by atoms with Crippen LogP contribution in [0.25, 0.3) is 0 Å². The number of benzene rings is 1. The highest BCUT2D eigenvalue weighted by Crippen LogP contribution is 2.58. The van der Waals surface area contributed by atoms with Crippen molar-refractivity contribution in [3.8, 4) is 11.5 Å². The van der Waals surface area contributed by atoms with Gasteiger partial charge < -0.3 is 29.9 Å². The molecule has 0 amide bonds. The van der Waals surface area contributed by atoms with E-state index in [0.29, 0.717) is 17.6 Å². The minimum Gasteiger partial charge on any atom is -0.504 e. The van der Waals surface area contributed by atoms with Gasteiger partial charge in [0.1, 0.15) is 18.3 Å². The van der Waals surface area contributed by atoms with Crippen molar-refractivity contribution in [1.29, 1.82) is 0 Å². The average molecular weight is 433 g/mol. The second kappa shape index (κ2) is 8.39. The number of ether oxygens (including phenoxy) is 2. The molecule has 0 radical (unpaired) electrons. The first-order valence-electron chi connectivity index (χ1n) is 11.5. The number of phenolic OH excluding ortho intramolecular Hbond substituents is 1. The molecule has 2 aliphatic carbocycles. The van der Waals surface area contributed by atoms with E-state index in [4.69, 9.17) is 9.47 Å². The van der Waals surface area contributed by atoms with Crippen LogP contribution in [0.4, 0.5) is 0 Å². The Kier molecular flexibility index (Phi) is 6.12. The second-order valence-corrected chi connectivity index (χ2v) is 10.1. The highest BCUT2D eigenvalue weighted by molar-refractivity contribution is 5.64. The molecule has 1 aromatic rings. The molecule has 0 saturated carbocycles. The van der Waals surface area contributed by atoms with Crippen LogP contribution in [-0.4, -0.2) is 51.6 Å². The zero-order chi connectivity index (χ0) is 22.6. The van der Waals surface area contributed by atoms with Crippen molar-refractivity contribution in [1.82, 2.24) is 0 Å². The van der Waals surface area contributed by atoms with Crippen LogP contribution >= 0.6 is 0 Å². The Morgan fingerprint density at radius 1 is 1.03 bits per heavy atom. The van der Waals surface area contributed by atoms with Gasteiger partial charge in [-0.1, -0.05) is 25.5 Å². The summed E-state index contributed by atoms with van der Waals surface area (Å²) >= 11 is 0. The van der Waals surface area contributed by atoms with Crippen LogP contribution in [0, 0.1) is 12.8 Å². The summed E-state index contributed by atoms with van der Waals surface area (Å²) in [4.78, 5) is 0. The number of rotatable bonds is 3. The Bertz CT molecular complexity index is 873. The van der Waals surface area contributed by atoms with Crippen LogP contribution in [0.15, 0.2) is 11.6 Å². The Morgan fingerprint density at radius 3 is 2.42 bits per heavy atom. The number of phenols is 1. The maximum absolute atomic E-state index is 11.3. The standard InChI is InChI=1S/C25H36O6/c1-11(2)8-15-9-13(4)16-7-6-12(3)18-20(16)19(15)14(5)24(22(18)28)31-25-23(29)21(27)17(26)10-30-25/h8,12-13,15-17,21,23,25-29H,6-7,9-10H2,1-5H3/t12-,13-,15-,16+,17+,21-,23+,25+/m0/s1. The Balaban J connectivity index is 1.85. The summed E-state index contributed by atoms with van der Waals surface area (Å²) in [6, 6.07) is 0. The van der Waals surface area contributed by atoms with E-state index in [-0.39, 0.29) is 24.2 Å². The normalized spacial score (nSPS) is 37.2. The number of aliphatic hydroxyl groups is 3. The Labute approximate surface area is 184 Å². The molecular formula is C25H36O6. The number of allylic oxidation sites excluding steroid dienone is 2. The van der Waals surface area contributed by atoms with E-state index >= 15 is 0 Å². The molecule has 31 heavy (non-hydrogen) atoms. The van der Waals surface area contributed by atoms with Crippen LogP contribution in [0.3, 0.4) is 0 Å². The molecular weight excluding hydrogens is 396 g/mol. The summed E-state index contributed by atoms with van der Waals surface area (Å²) < 4.78 is 11.5. The van der Waals surface area contributed by atoms with Crippen LogP contribution in [0.2, 0.25) is 0 Å². The zero-order valence-corrected chi connectivity index (χ0v) is 19.1. The molecule has 0 spiro atoms. The highest BCUT2D eigenvalue weighted by Gasteiger charge is 2.43. The maximum atomic E-state index is 11.3. The quantitative estimate of drug-likeness (QED) is 0.545. The minimum atomic E-state index is -1.41. The topological polar surface area (TPSA) is 99.4 Å². The molecule has 1 aliphatic heterocycles. The van der Waals surface area contributed by atoms with Gasteiger partial charge in [0.25, 0.3) is 0 Å². The lowest BCUT2D eigenvalue weighted by Gasteiger charge is -2.44. The molecule has 1 aromatic carbocycles. The van der Waals surface area contributed by atoms with Crippen molar-refractivity contribution in [3.05, 3.63) is 33.9 Å². The molecule has 4 rings (SSSR count). The molecule has 1 fully saturated rings. The van der Waals surface area contributed by atoms with Gasteiger partial charge in [0.05, 0.1) is 6.61 Å².